The Bertz CT molecular complexity index is 226. The van der Waals surface area contributed by atoms with E-state index in [1.54, 1.807) is 0 Å². The molecule has 0 bridgehead atoms. The van der Waals surface area contributed by atoms with Gasteiger partial charge in [-0.25, -0.2) is 0 Å². The van der Waals surface area contributed by atoms with Gasteiger partial charge in [-0.2, -0.15) is 11.8 Å². The summed E-state index contributed by atoms with van der Waals surface area (Å²) in [7, 11) is 0. The average Bonchev–Trinajstić information content (AvgIpc) is 2.83. The predicted octanol–water partition coefficient (Wildman–Crippen LogP) is 2.67. The Hall–Kier alpha value is 0.230. The SMILES string of the molecule is CSC1CCC(NCC(O)COCCCC(C)C)C1. The van der Waals surface area contributed by atoms with E-state index in [0.29, 0.717) is 19.2 Å². The van der Waals surface area contributed by atoms with Gasteiger partial charge in [-0.1, -0.05) is 13.8 Å². The Morgan fingerprint density at radius 2 is 2.16 bits per heavy atom. The Labute approximate surface area is 122 Å². The molecule has 0 amide bonds. The molecule has 2 N–H and O–H groups in total. The minimum Gasteiger partial charge on any atom is -0.389 e. The topological polar surface area (TPSA) is 41.5 Å². The van der Waals surface area contributed by atoms with Gasteiger partial charge in [0, 0.05) is 24.4 Å². The third-order valence-corrected chi connectivity index (χ3v) is 4.84. The third kappa shape index (κ3) is 8.18. The fraction of sp³-hybridized carbons (Fsp3) is 1.00. The molecule has 114 valence electrons. The first-order chi connectivity index (χ1) is 9.11. The van der Waals surface area contributed by atoms with E-state index in [2.05, 4.69) is 25.4 Å². The Morgan fingerprint density at radius 3 is 2.79 bits per heavy atom. The molecule has 1 aliphatic carbocycles. The van der Waals surface area contributed by atoms with Gasteiger partial charge in [0.15, 0.2) is 0 Å². The van der Waals surface area contributed by atoms with Crippen molar-refractivity contribution in [1.29, 1.82) is 0 Å². The predicted molar refractivity (Wildman–Crippen MR) is 83.8 cm³/mol. The van der Waals surface area contributed by atoms with Gasteiger partial charge in [-0.3, -0.25) is 0 Å². The van der Waals surface area contributed by atoms with Crippen molar-refractivity contribution in [2.75, 3.05) is 26.0 Å². The van der Waals surface area contributed by atoms with Crippen LogP contribution < -0.4 is 5.32 Å². The lowest BCUT2D eigenvalue weighted by Gasteiger charge is -2.17. The summed E-state index contributed by atoms with van der Waals surface area (Å²) in [6.07, 6.45) is 7.90. The smallest absolute Gasteiger partial charge is 0.0897 e. The second kappa shape index (κ2) is 10.0. The van der Waals surface area contributed by atoms with E-state index in [-0.39, 0.29) is 6.10 Å². The maximum atomic E-state index is 9.85. The molecule has 0 aromatic heterocycles. The third-order valence-electron chi connectivity index (χ3n) is 3.74. The van der Waals surface area contributed by atoms with Crippen molar-refractivity contribution >= 4 is 11.8 Å². The van der Waals surface area contributed by atoms with Crippen LogP contribution in [0.25, 0.3) is 0 Å². The van der Waals surface area contributed by atoms with E-state index in [1.165, 1.54) is 25.7 Å². The molecule has 1 aliphatic rings. The van der Waals surface area contributed by atoms with Crippen molar-refractivity contribution in [2.24, 2.45) is 5.92 Å². The Morgan fingerprint density at radius 1 is 1.37 bits per heavy atom. The summed E-state index contributed by atoms with van der Waals surface area (Å²) in [6, 6.07) is 0.591. The zero-order valence-corrected chi connectivity index (χ0v) is 13.5. The molecule has 3 nitrogen and oxygen atoms in total. The van der Waals surface area contributed by atoms with Crippen molar-refractivity contribution in [3.63, 3.8) is 0 Å². The highest BCUT2D eigenvalue weighted by atomic mass is 32.2. The zero-order chi connectivity index (χ0) is 14.1. The van der Waals surface area contributed by atoms with Gasteiger partial charge in [0.05, 0.1) is 12.7 Å². The highest BCUT2D eigenvalue weighted by Crippen LogP contribution is 2.27. The number of rotatable bonds is 10. The van der Waals surface area contributed by atoms with Gasteiger partial charge < -0.3 is 15.2 Å². The highest BCUT2D eigenvalue weighted by Gasteiger charge is 2.23. The quantitative estimate of drug-likeness (QED) is 0.607. The van der Waals surface area contributed by atoms with Crippen molar-refractivity contribution in [1.82, 2.24) is 5.32 Å². The number of hydrogen-bond acceptors (Lipinski definition) is 4. The number of hydrogen-bond donors (Lipinski definition) is 2. The van der Waals surface area contributed by atoms with Gasteiger partial charge in [0.25, 0.3) is 0 Å². The van der Waals surface area contributed by atoms with Crippen molar-refractivity contribution in [3.8, 4) is 0 Å². The molecule has 0 aromatic carbocycles. The molecule has 0 heterocycles. The van der Waals surface area contributed by atoms with Crippen LogP contribution >= 0.6 is 11.8 Å². The molecule has 0 aliphatic heterocycles. The Kier molecular flexibility index (Phi) is 9.12. The van der Waals surface area contributed by atoms with Crippen molar-refractivity contribution in [3.05, 3.63) is 0 Å². The second-order valence-corrected chi connectivity index (χ2v) is 7.18. The second-order valence-electron chi connectivity index (χ2n) is 6.04. The van der Waals surface area contributed by atoms with Gasteiger partial charge in [0.2, 0.25) is 0 Å². The number of aliphatic hydroxyl groups is 1. The van der Waals surface area contributed by atoms with Gasteiger partial charge >= 0.3 is 0 Å². The average molecular weight is 289 g/mol. The van der Waals surface area contributed by atoms with Crippen LogP contribution in [0.1, 0.15) is 46.0 Å². The molecule has 0 aromatic rings. The number of thioether (sulfide) groups is 1. The van der Waals surface area contributed by atoms with Crippen LogP contribution in [-0.2, 0) is 4.74 Å². The summed E-state index contributed by atoms with van der Waals surface area (Å²) in [5, 5.41) is 14.1. The number of ether oxygens (including phenoxy) is 1. The van der Waals surface area contributed by atoms with Crippen LogP contribution in [-0.4, -0.2) is 48.5 Å². The van der Waals surface area contributed by atoms with Crippen LogP contribution in [0.2, 0.25) is 0 Å². The van der Waals surface area contributed by atoms with Gasteiger partial charge in [-0.05, 0) is 44.3 Å². The lowest BCUT2D eigenvalue weighted by Crippen LogP contribution is -2.36. The molecule has 3 unspecified atom stereocenters. The first-order valence-electron chi connectivity index (χ1n) is 7.63. The summed E-state index contributed by atoms with van der Waals surface area (Å²) in [4.78, 5) is 0. The van der Waals surface area contributed by atoms with E-state index in [9.17, 15) is 5.11 Å². The maximum Gasteiger partial charge on any atom is 0.0897 e. The number of nitrogens with one attached hydrogen (secondary N) is 1. The Balaban J connectivity index is 1.95. The molecule has 0 saturated heterocycles. The van der Waals surface area contributed by atoms with E-state index in [4.69, 9.17) is 4.74 Å². The molecule has 4 heteroatoms. The van der Waals surface area contributed by atoms with Crippen LogP contribution in [0.15, 0.2) is 0 Å². The number of aliphatic hydroxyl groups excluding tert-OH is 1. The summed E-state index contributed by atoms with van der Waals surface area (Å²) >= 11 is 1.96. The molecule has 0 spiro atoms. The lowest BCUT2D eigenvalue weighted by molar-refractivity contribution is 0.0336. The summed E-state index contributed by atoms with van der Waals surface area (Å²) in [5.41, 5.74) is 0. The minimum atomic E-state index is -0.368. The molecule has 1 fully saturated rings. The van der Waals surface area contributed by atoms with Crippen LogP contribution in [0.3, 0.4) is 0 Å². The van der Waals surface area contributed by atoms with Crippen LogP contribution in [0, 0.1) is 5.92 Å². The molecule has 3 atom stereocenters. The van der Waals surface area contributed by atoms with Crippen molar-refractivity contribution in [2.45, 2.75) is 63.3 Å². The van der Waals surface area contributed by atoms with E-state index >= 15 is 0 Å². The zero-order valence-electron chi connectivity index (χ0n) is 12.7. The molecular formula is C15H31NO2S. The first kappa shape index (κ1) is 17.3. The highest BCUT2D eigenvalue weighted by molar-refractivity contribution is 7.99. The van der Waals surface area contributed by atoms with E-state index in [1.807, 2.05) is 11.8 Å². The monoisotopic (exact) mass is 289 g/mol. The molecule has 19 heavy (non-hydrogen) atoms. The lowest BCUT2D eigenvalue weighted by atomic mass is 10.1. The van der Waals surface area contributed by atoms with Crippen LogP contribution in [0.4, 0.5) is 0 Å². The van der Waals surface area contributed by atoms with Gasteiger partial charge in [-0.15, -0.1) is 0 Å². The first-order valence-corrected chi connectivity index (χ1v) is 8.92. The largest absolute Gasteiger partial charge is 0.389 e. The van der Waals surface area contributed by atoms with Gasteiger partial charge in [0.1, 0.15) is 0 Å². The van der Waals surface area contributed by atoms with Crippen LogP contribution in [0.5, 0.6) is 0 Å². The summed E-state index contributed by atoms with van der Waals surface area (Å²) < 4.78 is 5.51. The summed E-state index contributed by atoms with van der Waals surface area (Å²) in [5.74, 6) is 0.738. The fourth-order valence-electron chi connectivity index (χ4n) is 2.51. The molecule has 1 rings (SSSR count). The van der Waals surface area contributed by atoms with E-state index < -0.39 is 0 Å². The molecular weight excluding hydrogens is 258 g/mol. The standard InChI is InChI=1S/C15H31NO2S/c1-12(2)5-4-8-18-11-14(17)10-16-13-6-7-15(9-13)19-3/h12-17H,4-11H2,1-3H3. The fourth-order valence-corrected chi connectivity index (χ4v) is 3.31. The molecule has 1 saturated carbocycles. The maximum absolute atomic E-state index is 9.85. The van der Waals surface area contributed by atoms with Crippen molar-refractivity contribution < 1.29 is 9.84 Å². The minimum absolute atomic E-state index is 0.368. The molecule has 0 radical (unpaired) electrons. The normalized spacial score (nSPS) is 25.1. The summed E-state index contributed by atoms with van der Waals surface area (Å²) in [6.45, 7) is 6.34. The van der Waals surface area contributed by atoms with E-state index in [0.717, 1.165) is 24.2 Å².